The molecule has 4 N–H and O–H groups in total. The Labute approximate surface area is 273 Å². The van der Waals surface area contributed by atoms with Gasteiger partial charge in [0, 0.05) is 49.9 Å². The summed E-state index contributed by atoms with van der Waals surface area (Å²) in [6.07, 6.45) is 7.88. The standard InChI is InChI=1S/C35H52N6O5/c1-22(2)28(29(42)33(45)36-21-26-13-10-9-12-23(26)3)38-31(43)24(4)37-34(46)30(35(5,6)7)39-32(44)25-14-11-15-27(20-25)41-18-16-40(8)17-19-41/h9-15,20,22-24,26,28,30H,16-19,21H2,1-8H3,(H,36,45)(H,37,46)(H,38,43)(H,39,44)/t23?,24-,26+,28-,30+/m0/s1. The van der Waals surface area contributed by atoms with Crippen molar-refractivity contribution < 1.29 is 24.0 Å². The predicted molar refractivity (Wildman–Crippen MR) is 180 cm³/mol. The third kappa shape index (κ3) is 10.0. The highest BCUT2D eigenvalue weighted by atomic mass is 16.2. The summed E-state index contributed by atoms with van der Waals surface area (Å²) in [5.74, 6) is -3.13. The van der Waals surface area contributed by atoms with Gasteiger partial charge in [0.2, 0.25) is 17.6 Å². The summed E-state index contributed by atoms with van der Waals surface area (Å²) in [5.41, 5.74) is 0.704. The van der Waals surface area contributed by atoms with Crippen LogP contribution in [0.2, 0.25) is 0 Å². The second-order valence-corrected chi connectivity index (χ2v) is 13.9. The Bertz CT molecular complexity index is 1320. The Morgan fingerprint density at radius 3 is 2.15 bits per heavy atom. The van der Waals surface area contributed by atoms with Crippen molar-refractivity contribution in [1.29, 1.82) is 0 Å². The molecule has 4 amide bonds. The van der Waals surface area contributed by atoms with Gasteiger partial charge in [0.05, 0.1) is 6.04 Å². The van der Waals surface area contributed by atoms with Crippen molar-refractivity contribution in [3.05, 3.63) is 54.1 Å². The number of amides is 4. The number of hydrogen-bond donors (Lipinski definition) is 4. The van der Waals surface area contributed by atoms with Gasteiger partial charge in [0.1, 0.15) is 12.1 Å². The van der Waals surface area contributed by atoms with Gasteiger partial charge in [-0.1, -0.05) is 71.9 Å². The molecular weight excluding hydrogens is 584 g/mol. The van der Waals surface area contributed by atoms with Crippen LogP contribution in [0.4, 0.5) is 5.69 Å². The molecule has 5 atom stereocenters. The van der Waals surface area contributed by atoms with Crippen LogP contribution in [0.3, 0.4) is 0 Å². The summed E-state index contributed by atoms with van der Waals surface area (Å²) >= 11 is 0. The largest absolute Gasteiger partial charge is 0.369 e. The summed E-state index contributed by atoms with van der Waals surface area (Å²) in [4.78, 5) is 70.3. The number of carbonyl (C=O) groups excluding carboxylic acids is 5. The maximum atomic E-state index is 13.5. The maximum absolute atomic E-state index is 13.5. The van der Waals surface area contributed by atoms with Gasteiger partial charge in [-0.15, -0.1) is 0 Å². The molecule has 0 radical (unpaired) electrons. The molecule has 252 valence electrons. The molecule has 1 fully saturated rings. The number of benzene rings is 1. The fourth-order valence-electron chi connectivity index (χ4n) is 5.43. The van der Waals surface area contributed by atoms with E-state index in [1.165, 1.54) is 6.92 Å². The predicted octanol–water partition coefficient (Wildman–Crippen LogP) is 2.29. The number of nitrogens with one attached hydrogen (secondary N) is 4. The van der Waals surface area contributed by atoms with Crippen molar-refractivity contribution in [2.75, 3.05) is 44.7 Å². The minimum Gasteiger partial charge on any atom is -0.369 e. The van der Waals surface area contributed by atoms with Gasteiger partial charge in [0.25, 0.3) is 11.8 Å². The van der Waals surface area contributed by atoms with E-state index in [0.717, 1.165) is 31.9 Å². The highest BCUT2D eigenvalue weighted by Gasteiger charge is 2.36. The van der Waals surface area contributed by atoms with Gasteiger partial charge in [-0.2, -0.15) is 0 Å². The van der Waals surface area contributed by atoms with Crippen LogP contribution in [0.25, 0.3) is 0 Å². The zero-order valence-electron chi connectivity index (χ0n) is 28.6. The van der Waals surface area contributed by atoms with Crippen molar-refractivity contribution in [2.45, 2.75) is 66.6 Å². The second-order valence-electron chi connectivity index (χ2n) is 13.9. The summed E-state index contributed by atoms with van der Waals surface area (Å²) < 4.78 is 0. The Morgan fingerprint density at radius 1 is 0.891 bits per heavy atom. The molecule has 0 aromatic heterocycles. The van der Waals surface area contributed by atoms with Crippen LogP contribution in [0.15, 0.2) is 48.6 Å². The maximum Gasteiger partial charge on any atom is 0.289 e. The highest BCUT2D eigenvalue weighted by Crippen LogP contribution is 2.22. The lowest BCUT2D eigenvalue weighted by Crippen LogP contribution is -2.59. The van der Waals surface area contributed by atoms with E-state index in [1.807, 2.05) is 70.2 Å². The van der Waals surface area contributed by atoms with Crippen molar-refractivity contribution in [3.63, 3.8) is 0 Å². The van der Waals surface area contributed by atoms with E-state index in [4.69, 9.17) is 0 Å². The van der Waals surface area contributed by atoms with Crippen LogP contribution in [0.5, 0.6) is 0 Å². The van der Waals surface area contributed by atoms with Crippen molar-refractivity contribution in [1.82, 2.24) is 26.2 Å². The van der Waals surface area contributed by atoms with Crippen molar-refractivity contribution >= 4 is 35.1 Å². The lowest BCUT2D eigenvalue weighted by molar-refractivity contribution is -0.141. The molecule has 1 saturated heterocycles. The summed E-state index contributed by atoms with van der Waals surface area (Å²) in [7, 11) is 2.08. The summed E-state index contributed by atoms with van der Waals surface area (Å²) in [5, 5.41) is 10.9. The number of piperazine rings is 1. The van der Waals surface area contributed by atoms with E-state index < -0.39 is 53.0 Å². The average molecular weight is 637 g/mol. The number of Topliss-reactive ketones (excluding diaryl/α,β-unsaturated/α-hetero) is 1. The van der Waals surface area contributed by atoms with E-state index in [1.54, 1.807) is 19.9 Å². The van der Waals surface area contributed by atoms with Gasteiger partial charge in [0.15, 0.2) is 0 Å². The Kier molecular flexibility index (Phi) is 12.7. The van der Waals surface area contributed by atoms with Crippen LogP contribution in [0, 0.1) is 23.2 Å². The van der Waals surface area contributed by atoms with Crippen LogP contribution in [0.1, 0.15) is 58.8 Å². The number of allylic oxidation sites excluding steroid dienone is 3. The molecule has 2 aliphatic rings. The Balaban J connectivity index is 1.61. The first-order chi connectivity index (χ1) is 21.6. The lowest BCUT2D eigenvalue weighted by atomic mass is 9.85. The van der Waals surface area contributed by atoms with E-state index in [0.29, 0.717) is 12.1 Å². The number of hydrogen-bond acceptors (Lipinski definition) is 7. The highest BCUT2D eigenvalue weighted by molar-refractivity contribution is 6.38. The normalized spacial score (nSPS) is 20.4. The molecule has 1 aliphatic carbocycles. The Morgan fingerprint density at radius 2 is 1.54 bits per heavy atom. The van der Waals surface area contributed by atoms with E-state index >= 15 is 0 Å². The molecular formula is C35H52N6O5. The molecule has 1 aromatic rings. The lowest BCUT2D eigenvalue weighted by Gasteiger charge is -2.34. The van der Waals surface area contributed by atoms with Crippen LogP contribution in [-0.4, -0.2) is 92.2 Å². The second kappa shape index (κ2) is 16.0. The fourth-order valence-corrected chi connectivity index (χ4v) is 5.43. The minimum absolute atomic E-state index is 0.0706. The molecule has 0 bridgehead atoms. The first-order valence-electron chi connectivity index (χ1n) is 16.2. The molecule has 11 nitrogen and oxygen atoms in total. The number of nitrogens with zero attached hydrogens (tertiary/aromatic N) is 2. The molecule has 3 rings (SSSR count). The van der Waals surface area contributed by atoms with Gasteiger partial charge < -0.3 is 31.1 Å². The number of ketones is 1. The van der Waals surface area contributed by atoms with Gasteiger partial charge in [-0.25, -0.2) is 0 Å². The van der Waals surface area contributed by atoms with E-state index in [9.17, 15) is 24.0 Å². The molecule has 1 aliphatic heterocycles. The molecule has 1 unspecified atom stereocenters. The number of rotatable bonds is 12. The molecule has 11 heteroatoms. The van der Waals surface area contributed by atoms with Crippen molar-refractivity contribution in [3.8, 4) is 0 Å². The first-order valence-corrected chi connectivity index (χ1v) is 16.2. The average Bonchev–Trinajstić information content (AvgIpc) is 3.00. The van der Waals surface area contributed by atoms with Crippen LogP contribution < -0.4 is 26.2 Å². The topological polar surface area (TPSA) is 140 Å². The minimum atomic E-state index is -1.07. The first kappa shape index (κ1) is 36.5. The smallest absolute Gasteiger partial charge is 0.289 e. The zero-order chi connectivity index (χ0) is 34.2. The number of likely N-dealkylation sites (N-methyl/N-ethyl adjacent to an activating group) is 1. The third-order valence-electron chi connectivity index (χ3n) is 8.66. The summed E-state index contributed by atoms with van der Waals surface area (Å²) in [6, 6.07) is 4.29. The number of anilines is 1. The van der Waals surface area contributed by atoms with Crippen molar-refractivity contribution in [2.24, 2.45) is 23.2 Å². The quantitative estimate of drug-likeness (QED) is 0.258. The molecule has 1 aromatic carbocycles. The molecule has 46 heavy (non-hydrogen) atoms. The SMILES string of the molecule is CC1C=CC=C[C@@H]1CNC(=O)C(=O)[C@@H](NC(=O)[C@H](C)NC(=O)[C@@H](NC(=O)c1cccc(N2CCN(C)CC2)c1)C(C)(C)C)C(C)C. The Hall–Kier alpha value is -3.99. The van der Waals surface area contributed by atoms with Gasteiger partial charge >= 0.3 is 0 Å². The van der Waals surface area contributed by atoms with Crippen LogP contribution in [-0.2, 0) is 19.2 Å². The monoisotopic (exact) mass is 636 g/mol. The van der Waals surface area contributed by atoms with Gasteiger partial charge in [-0.3, -0.25) is 24.0 Å². The fraction of sp³-hybridized carbons (Fsp3) is 0.571. The molecule has 0 saturated carbocycles. The van der Waals surface area contributed by atoms with Gasteiger partial charge in [-0.05, 0) is 49.4 Å². The number of carbonyl (C=O) groups is 5. The molecule has 1 heterocycles. The van der Waals surface area contributed by atoms with E-state index in [-0.39, 0.29) is 17.8 Å². The van der Waals surface area contributed by atoms with Crippen LogP contribution >= 0.6 is 0 Å². The summed E-state index contributed by atoms with van der Waals surface area (Å²) in [6.45, 7) is 16.4. The third-order valence-corrected chi connectivity index (χ3v) is 8.66. The zero-order valence-corrected chi connectivity index (χ0v) is 28.6. The molecule has 0 spiro atoms. The van der Waals surface area contributed by atoms with E-state index in [2.05, 4.69) is 38.1 Å².